The molecule has 0 saturated carbocycles. The normalized spacial score (nSPS) is 19.5. The first-order chi connectivity index (χ1) is 8.18. The largest absolute Gasteiger partial charge is 0.388 e. The zero-order valence-electron chi connectivity index (χ0n) is 10.7. The molecule has 1 aromatic carbocycles. The molecule has 2 nitrogen and oxygen atoms in total. The molecule has 0 spiro atoms. The Hall–Kier alpha value is -0.860. The zero-order chi connectivity index (χ0) is 12.3. The molecule has 2 rings (SSSR count). The minimum absolute atomic E-state index is 0.333. The second-order valence-electron chi connectivity index (χ2n) is 5.22. The number of aliphatic hydroxyl groups excluding tert-OH is 1. The second kappa shape index (κ2) is 5.65. The minimum Gasteiger partial charge on any atom is -0.388 e. The molecule has 1 heterocycles. The Morgan fingerprint density at radius 3 is 2.12 bits per heavy atom. The van der Waals surface area contributed by atoms with E-state index in [-0.39, 0.29) is 6.10 Å². The standard InChI is InChI=1S/C15H22O2/c1-11(2)12-3-5-13(6-4-12)15(16)14-7-9-17-10-8-14/h3-6,11,14-16H,7-10H2,1-2H3. The molecule has 0 aliphatic carbocycles. The van der Waals surface area contributed by atoms with Crippen molar-refractivity contribution in [3.8, 4) is 0 Å². The fourth-order valence-corrected chi connectivity index (χ4v) is 2.38. The van der Waals surface area contributed by atoms with Crippen LogP contribution in [0.4, 0.5) is 0 Å². The lowest BCUT2D eigenvalue weighted by molar-refractivity contribution is 0.00718. The summed E-state index contributed by atoms with van der Waals surface area (Å²) < 4.78 is 5.33. The van der Waals surface area contributed by atoms with Crippen molar-refractivity contribution in [1.82, 2.24) is 0 Å². The van der Waals surface area contributed by atoms with E-state index >= 15 is 0 Å². The highest BCUT2D eigenvalue weighted by Crippen LogP contribution is 2.30. The molecule has 1 fully saturated rings. The number of ether oxygens (including phenoxy) is 1. The van der Waals surface area contributed by atoms with Gasteiger partial charge in [0.25, 0.3) is 0 Å². The molecule has 17 heavy (non-hydrogen) atoms. The molecule has 1 atom stereocenters. The van der Waals surface area contributed by atoms with Gasteiger partial charge < -0.3 is 9.84 Å². The Bertz CT molecular complexity index is 336. The molecule has 0 amide bonds. The van der Waals surface area contributed by atoms with Crippen LogP contribution in [-0.4, -0.2) is 18.3 Å². The third kappa shape index (κ3) is 3.08. The summed E-state index contributed by atoms with van der Waals surface area (Å²) in [6.07, 6.45) is 1.60. The van der Waals surface area contributed by atoms with Crippen LogP contribution in [-0.2, 0) is 4.74 Å². The van der Waals surface area contributed by atoms with E-state index in [9.17, 15) is 5.11 Å². The van der Waals surface area contributed by atoms with Gasteiger partial charge in [-0.05, 0) is 35.8 Å². The Labute approximate surface area is 104 Å². The number of rotatable bonds is 3. The Kier molecular flexibility index (Phi) is 4.19. The summed E-state index contributed by atoms with van der Waals surface area (Å²) in [4.78, 5) is 0. The molecule has 0 bridgehead atoms. The van der Waals surface area contributed by atoms with Crippen molar-refractivity contribution in [3.63, 3.8) is 0 Å². The highest BCUT2D eigenvalue weighted by Gasteiger charge is 2.23. The van der Waals surface area contributed by atoms with E-state index in [1.54, 1.807) is 0 Å². The summed E-state index contributed by atoms with van der Waals surface area (Å²) in [6, 6.07) is 8.38. The molecule has 1 aliphatic heterocycles. The quantitative estimate of drug-likeness (QED) is 0.869. The van der Waals surface area contributed by atoms with Crippen LogP contribution in [0.15, 0.2) is 24.3 Å². The predicted octanol–water partition coefficient (Wildman–Crippen LogP) is 3.27. The molecule has 0 radical (unpaired) electrons. The van der Waals surface area contributed by atoms with Crippen LogP contribution in [0.1, 0.15) is 49.8 Å². The van der Waals surface area contributed by atoms with E-state index in [4.69, 9.17) is 4.74 Å². The smallest absolute Gasteiger partial charge is 0.0819 e. The SMILES string of the molecule is CC(C)c1ccc(C(O)C2CCOCC2)cc1. The van der Waals surface area contributed by atoms with Crippen molar-refractivity contribution in [2.45, 2.75) is 38.7 Å². The van der Waals surface area contributed by atoms with E-state index in [1.807, 2.05) is 0 Å². The lowest BCUT2D eigenvalue weighted by Crippen LogP contribution is -2.21. The monoisotopic (exact) mass is 234 g/mol. The Balaban J connectivity index is 2.05. The minimum atomic E-state index is -0.333. The molecule has 2 heteroatoms. The highest BCUT2D eigenvalue weighted by atomic mass is 16.5. The van der Waals surface area contributed by atoms with Gasteiger partial charge in [0, 0.05) is 13.2 Å². The first kappa shape index (κ1) is 12.6. The number of hydrogen-bond donors (Lipinski definition) is 1. The van der Waals surface area contributed by atoms with Crippen LogP contribution in [0.5, 0.6) is 0 Å². The van der Waals surface area contributed by atoms with Gasteiger partial charge in [-0.25, -0.2) is 0 Å². The average molecular weight is 234 g/mol. The predicted molar refractivity (Wildman–Crippen MR) is 69.0 cm³/mol. The van der Waals surface area contributed by atoms with Crippen molar-refractivity contribution in [3.05, 3.63) is 35.4 Å². The van der Waals surface area contributed by atoms with Gasteiger partial charge in [0.1, 0.15) is 0 Å². The van der Waals surface area contributed by atoms with Crippen LogP contribution >= 0.6 is 0 Å². The first-order valence-electron chi connectivity index (χ1n) is 6.54. The van der Waals surface area contributed by atoms with Crippen LogP contribution in [0.3, 0.4) is 0 Å². The highest BCUT2D eigenvalue weighted by molar-refractivity contribution is 5.26. The van der Waals surface area contributed by atoms with Crippen molar-refractivity contribution in [2.24, 2.45) is 5.92 Å². The summed E-state index contributed by atoms with van der Waals surface area (Å²) in [5, 5.41) is 10.3. The van der Waals surface area contributed by atoms with Crippen molar-refractivity contribution in [2.75, 3.05) is 13.2 Å². The number of aliphatic hydroxyl groups is 1. The average Bonchev–Trinajstić information content (AvgIpc) is 2.39. The maximum Gasteiger partial charge on any atom is 0.0819 e. The molecule has 1 unspecified atom stereocenters. The number of benzene rings is 1. The van der Waals surface area contributed by atoms with Crippen LogP contribution in [0.25, 0.3) is 0 Å². The van der Waals surface area contributed by atoms with Crippen molar-refractivity contribution >= 4 is 0 Å². The van der Waals surface area contributed by atoms with Gasteiger partial charge in [-0.3, -0.25) is 0 Å². The van der Waals surface area contributed by atoms with E-state index in [0.29, 0.717) is 11.8 Å². The summed E-state index contributed by atoms with van der Waals surface area (Å²) in [7, 11) is 0. The maximum atomic E-state index is 10.3. The molecular formula is C15H22O2. The van der Waals surface area contributed by atoms with Gasteiger partial charge in [0.2, 0.25) is 0 Å². The van der Waals surface area contributed by atoms with Gasteiger partial charge in [-0.2, -0.15) is 0 Å². The molecule has 1 N–H and O–H groups in total. The van der Waals surface area contributed by atoms with Crippen LogP contribution in [0.2, 0.25) is 0 Å². The van der Waals surface area contributed by atoms with Gasteiger partial charge in [-0.1, -0.05) is 38.1 Å². The summed E-state index contributed by atoms with van der Waals surface area (Å²) in [6.45, 7) is 5.94. The fourth-order valence-electron chi connectivity index (χ4n) is 2.38. The molecular weight excluding hydrogens is 212 g/mol. The van der Waals surface area contributed by atoms with Crippen LogP contribution in [0, 0.1) is 5.92 Å². The summed E-state index contributed by atoms with van der Waals surface area (Å²) in [5.74, 6) is 0.901. The lowest BCUT2D eigenvalue weighted by atomic mass is 9.88. The topological polar surface area (TPSA) is 29.5 Å². The molecule has 94 valence electrons. The maximum absolute atomic E-state index is 10.3. The fraction of sp³-hybridized carbons (Fsp3) is 0.600. The zero-order valence-corrected chi connectivity index (χ0v) is 10.7. The van der Waals surface area contributed by atoms with E-state index < -0.39 is 0 Å². The second-order valence-corrected chi connectivity index (χ2v) is 5.22. The van der Waals surface area contributed by atoms with E-state index in [1.165, 1.54) is 5.56 Å². The van der Waals surface area contributed by atoms with Crippen LogP contribution < -0.4 is 0 Å². The molecule has 1 aromatic rings. The molecule has 1 saturated heterocycles. The summed E-state index contributed by atoms with van der Waals surface area (Å²) >= 11 is 0. The Morgan fingerprint density at radius 1 is 1.06 bits per heavy atom. The summed E-state index contributed by atoms with van der Waals surface area (Å²) in [5.41, 5.74) is 2.37. The third-order valence-corrected chi connectivity index (χ3v) is 3.66. The first-order valence-corrected chi connectivity index (χ1v) is 6.54. The third-order valence-electron chi connectivity index (χ3n) is 3.66. The van der Waals surface area contributed by atoms with Gasteiger partial charge >= 0.3 is 0 Å². The number of hydrogen-bond acceptors (Lipinski definition) is 2. The van der Waals surface area contributed by atoms with Gasteiger partial charge in [-0.15, -0.1) is 0 Å². The van der Waals surface area contributed by atoms with Crippen molar-refractivity contribution < 1.29 is 9.84 Å². The molecule has 1 aliphatic rings. The van der Waals surface area contributed by atoms with Crippen molar-refractivity contribution in [1.29, 1.82) is 0 Å². The molecule has 0 aromatic heterocycles. The Morgan fingerprint density at radius 2 is 1.59 bits per heavy atom. The lowest BCUT2D eigenvalue weighted by Gasteiger charge is -2.27. The van der Waals surface area contributed by atoms with Gasteiger partial charge in [0.15, 0.2) is 0 Å². The van der Waals surface area contributed by atoms with E-state index in [0.717, 1.165) is 31.6 Å². The van der Waals surface area contributed by atoms with Gasteiger partial charge in [0.05, 0.1) is 6.10 Å². The van der Waals surface area contributed by atoms with E-state index in [2.05, 4.69) is 38.1 Å².